The van der Waals surface area contributed by atoms with Crippen LogP contribution in [-0.4, -0.2) is 19.2 Å². The Morgan fingerprint density at radius 2 is 2.12 bits per heavy atom. The van der Waals surface area contributed by atoms with Crippen molar-refractivity contribution in [1.82, 2.24) is 14.1 Å². The van der Waals surface area contributed by atoms with Crippen LogP contribution in [0.5, 0.6) is 0 Å². The lowest BCUT2D eigenvalue weighted by molar-refractivity contribution is 0.434. The number of rotatable bonds is 2. The van der Waals surface area contributed by atoms with Crippen LogP contribution in [0.15, 0.2) is 48.9 Å². The van der Waals surface area contributed by atoms with Crippen LogP contribution in [0.1, 0.15) is 12.6 Å². The Balaban J connectivity index is 2.65. The fourth-order valence-electron chi connectivity index (χ4n) is 1.64. The molecule has 0 amide bonds. The van der Waals surface area contributed by atoms with Gasteiger partial charge in [0.2, 0.25) is 0 Å². The zero-order valence-corrected chi connectivity index (χ0v) is 9.46. The van der Waals surface area contributed by atoms with Crippen LogP contribution >= 0.6 is 0 Å². The van der Waals surface area contributed by atoms with Gasteiger partial charge < -0.3 is 5.11 Å². The van der Waals surface area contributed by atoms with Gasteiger partial charge in [0.05, 0.1) is 5.69 Å². The number of aliphatic hydroxyl groups excluding tert-OH is 1. The highest BCUT2D eigenvalue weighted by Gasteiger charge is 2.15. The zero-order valence-electron chi connectivity index (χ0n) is 9.46. The Bertz CT molecular complexity index is 581. The molecule has 0 aliphatic heterocycles. The van der Waals surface area contributed by atoms with Crippen LogP contribution < -0.4 is 0 Å². The molecule has 0 fully saturated rings. The molecule has 16 heavy (non-hydrogen) atoms. The number of aliphatic hydroxyl groups is 1. The molecule has 4 heteroatoms. The molecule has 2 aromatic rings. The monoisotopic (exact) mass is 217 g/mol. The van der Waals surface area contributed by atoms with Crippen molar-refractivity contribution < 1.29 is 5.11 Å². The van der Waals surface area contributed by atoms with Gasteiger partial charge in [-0.15, -0.1) is 4.80 Å². The number of fused-ring (bicyclic) bond motifs is 1. The number of hydrogen-bond acceptors (Lipinski definition) is 1. The number of hydrogen-bond donors (Lipinski definition) is 1. The Morgan fingerprint density at radius 3 is 2.75 bits per heavy atom. The first-order valence-electron chi connectivity index (χ1n) is 5.12. The highest BCUT2D eigenvalue weighted by atomic mass is 16.3. The second-order valence-corrected chi connectivity index (χ2v) is 3.55. The summed E-state index contributed by atoms with van der Waals surface area (Å²) in [7, 11) is 0. The van der Waals surface area contributed by atoms with E-state index in [0.29, 0.717) is 5.70 Å². The molecule has 0 unspecified atom stereocenters. The van der Waals surface area contributed by atoms with E-state index in [1.54, 1.807) is 0 Å². The first-order chi connectivity index (χ1) is 7.66. The van der Waals surface area contributed by atoms with Crippen molar-refractivity contribution in [3.63, 3.8) is 0 Å². The molecule has 2 rings (SSSR count). The highest BCUT2D eigenvalue weighted by Crippen LogP contribution is 2.15. The maximum Gasteiger partial charge on any atom is 0.135 e. The molecule has 2 aromatic heterocycles. The Kier molecular flexibility index (Phi) is 2.48. The minimum absolute atomic E-state index is 0.0587. The normalized spacial score (nSPS) is 12.0. The lowest BCUT2D eigenvalue weighted by Crippen LogP contribution is -1.93. The van der Waals surface area contributed by atoms with Crippen molar-refractivity contribution in [3.05, 3.63) is 54.6 Å². The van der Waals surface area contributed by atoms with Gasteiger partial charge in [-0.1, -0.05) is 24.8 Å². The second kappa shape index (κ2) is 3.81. The summed E-state index contributed by atoms with van der Waals surface area (Å²) < 4.78 is 3.84. The molecule has 0 saturated carbocycles. The smallest absolute Gasteiger partial charge is 0.135 e. The van der Waals surface area contributed by atoms with E-state index in [4.69, 9.17) is 0 Å². The first-order valence-corrected chi connectivity index (χ1v) is 5.12. The van der Waals surface area contributed by atoms with Gasteiger partial charge in [0.1, 0.15) is 11.5 Å². The molecule has 0 aromatic carbocycles. The molecule has 0 saturated heterocycles. The molecule has 0 aliphatic rings. The minimum atomic E-state index is 0.0587. The van der Waals surface area contributed by atoms with Gasteiger partial charge in [0, 0.05) is 6.20 Å². The van der Waals surface area contributed by atoms with Gasteiger partial charge in [-0.2, -0.15) is 9.26 Å². The number of aromatic nitrogens is 3. The third-order valence-corrected chi connectivity index (χ3v) is 2.42. The van der Waals surface area contributed by atoms with E-state index in [2.05, 4.69) is 6.58 Å². The van der Waals surface area contributed by atoms with Crippen LogP contribution in [0.2, 0.25) is 0 Å². The lowest BCUT2D eigenvalue weighted by Gasteiger charge is -1.96. The fraction of sp³-hybridized carbons (Fsp3) is 0.167. The predicted molar refractivity (Wildman–Crippen MR) is 64.1 cm³/mol. The Labute approximate surface area is 93.9 Å². The van der Waals surface area contributed by atoms with Gasteiger partial charge in [-0.05, 0) is 26.0 Å². The van der Waals surface area contributed by atoms with Gasteiger partial charge in [0.15, 0.2) is 0 Å². The summed E-state index contributed by atoms with van der Waals surface area (Å²) in [6.07, 6.45) is 3.74. The van der Waals surface area contributed by atoms with Crippen molar-refractivity contribution in [2.75, 3.05) is 0 Å². The summed E-state index contributed by atoms with van der Waals surface area (Å²) >= 11 is 0. The van der Waals surface area contributed by atoms with Crippen LogP contribution in [0.25, 0.3) is 5.70 Å². The summed E-state index contributed by atoms with van der Waals surface area (Å²) in [5, 5.41) is 9.48. The number of nitrogens with zero attached hydrogens (tertiary/aromatic N) is 3. The maximum atomic E-state index is 9.48. The van der Waals surface area contributed by atoms with Crippen molar-refractivity contribution in [2.45, 2.75) is 13.8 Å². The topological polar surface area (TPSA) is 34.0 Å². The SMILES string of the molecule is C=C(O)/C(=C\C)n1n2cccccc(C)n12. The van der Waals surface area contributed by atoms with Crippen molar-refractivity contribution in [1.29, 1.82) is 0 Å². The van der Waals surface area contributed by atoms with E-state index in [0.717, 1.165) is 5.69 Å². The zero-order chi connectivity index (χ0) is 11.7. The van der Waals surface area contributed by atoms with Crippen LogP contribution in [-0.2, 0) is 0 Å². The molecule has 2 heterocycles. The number of allylic oxidation sites excluding steroid dienone is 2. The van der Waals surface area contributed by atoms with Crippen LogP contribution in [0.3, 0.4) is 0 Å². The average Bonchev–Trinajstić information content (AvgIpc) is 2.88. The molecule has 1 N–H and O–H groups in total. The summed E-state index contributed by atoms with van der Waals surface area (Å²) in [5.74, 6) is 0.0587. The van der Waals surface area contributed by atoms with Crippen LogP contribution in [0.4, 0.5) is 0 Å². The average molecular weight is 217 g/mol. The largest absolute Gasteiger partial charge is 0.506 e. The molecule has 0 radical (unpaired) electrons. The second-order valence-electron chi connectivity index (χ2n) is 3.55. The van der Waals surface area contributed by atoms with E-state index in [-0.39, 0.29) is 5.76 Å². The standard InChI is InChI=1S/C12H15N3O/c1-4-12(11(3)16)15-13-9-7-5-6-8-10(2)14(13)15/h4-9,16H,3H2,1-2H3/b6-5?,9-7?,10-8?,12-4+. The molecule has 0 spiro atoms. The Hall–Kier alpha value is -2.10. The van der Waals surface area contributed by atoms with Crippen molar-refractivity contribution in [3.8, 4) is 0 Å². The fourth-order valence-corrected chi connectivity index (χ4v) is 1.64. The molecule has 0 bridgehead atoms. The first kappa shape index (κ1) is 10.4. The van der Waals surface area contributed by atoms with Gasteiger partial charge in [-0.25, -0.2) is 0 Å². The molecular weight excluding hydrogens is 202 g/mol. The summed E-state index contributed by atoms with van der Waals surface area (Å²) in [6.45, 7) is 7.42. The van der Waals surface area contributed by atoms with E-state index in [9.17, 15) is 5.11 Å². The van der Waals surface area contributed by atoms with Gasteiger partial charge >= 0.3 is 0 Å². The van der Waals surface area contributed by atoms with E-state index in [1.807, 2.05) is 64.4 Å². The highest BCUT2D eigenvalue weighted by molar-refractivity contribution is 5.58. The van der Waals surface area contributed by atoms with Crippen LogP contribution in [0, 0.1) is 6.92 Å². The summed E-state index contributed by atoms with van der Waals surface area (Å²) in [5.41, 5.74) is 1.75. The Morgan fingerprint density at radius 1 is 1.38 bits per heavy atom. The van der Waals surface area contributed by atoms with Gasteiger partial charge in [0.25, 0.3) is 0 Å². The molecule has 0 atom stereocenters. The lowest BCUT2D eigenvalue weighted by atomic mass is 10.4. The third-order valence-electron chi connectivity index (χ3n) is 2.42. The molecule has 4 nitrogen and oxygen atoms in total. The van der Waals surface area contributed by atoms with Crippen molar-refractivity contribution in [2.24, 2.45) is 0 Å². The van der Waals surface area contributed by atoms with E-state index < -0.39 is 0 Å². The van der Waals surface area contributed by atoms with E-state index in [1.165, 1.54) is 0 Å². The third kappa shape index (κ3) is 1.58. The minimum Gasteiger partial charge on any atom is -0.506 e. The quantitative estimate of drug-likeness (QED) is 0.609. The molecule has 84 valence electrons. The predicted octanol–water partition coefficient (Wildman–Crippen LogP) is 2.64. The summed E-state index contributed by atoms with van der Waals surface area (Å²) in [6, 6.07) is 7.87. The maximum absolute atomic E-state index is 9.48. The van der Waals surface area contributed by atoms with E-state index >= 15 is 0 Å². The number of aryl methyl sites for hydroxylation is 1. The molecular formula is C12H15N3O. The van der Waals surface area contributed by atoms with Crippen molar-refractivity contribution >= 4 is 5.70 Å². The van der Waals surface area contributed by atoms with Gasteiger partial charge in [-0.3, -0.25) is 0 Å². The summed E-state index contributed by atoms with van der Waals surface area (Å²) in [4.78, 5) is 1.84. The molecule has 0 aliphatic carbocycles.